The molecule has 2 aromatic carbocycles. The number of fused-ring (bicyclic) bond motifs is 1. The monoisotopic (exact) mass is 785 g/mol. The van der Waals surface area contributed by atoms with E-state index in [0.717, 1.165) is 29.6 Å². The van der Waals surface area contributed by atoms with Crippen molar-refractivity contribution in [2.75, 3.05) is 6.61 Å². The molecule has 2 fully saturated rings. The first-order chi connectivity index (χ1) is 26.5. The van der Waals surface area contributed by atoms with E-state index in [9.17, 15) is 19.8 Å². The molecular formula is C47H67NO7Si. The largest absolute Gasteiger partial charge is 0.460 e. The zero-order valence-electron chi connectivity index (χ0n) is 35.1. The number of aliphatic hydroxyl groups is 2. The van der Waals surface area contributed by atoms with Crippen LogP contribution in [0.25, 0.3) is 0 Å². The molecule has 1 aliphatic heterocycles. The van der Waals surface area contributed by atoms with E-state index in [1.165, 1.54) is 18.6 Å². The van der Waals surface area contributed by atoms with Crippen molar-refractivity contribution in [3.8, 4) is 0 Å². The lowest BCUT2D eigenvalue weighted by molar-refractivity contribution is -0.158. The number of amides is 1. The number of aliphatic hydroxyl groups excluding tert-OH is 1. The van der Waals surface area contributed by atoms with Crippen molar-refractivity contribution >= 4 is 30.6 Å². The fourth-order valence-corrected chi connectivity index (χ4v) is 13.1. The third-order valence-electron chi connectivity index (χ3n) is 11.3. The summed E-state index contributed by atoms with van der Waals surface area (Å²) >= 11 is 0. The molecule has 0 aromatic heterocycles. The number of esters is 1. The van der Waals surface area contributed by atoms with Crippen molar-refractivity contribution in [1.29, 1.82) is 0 Å². The molecular weight excluding hydrogens is 719 g/mol. The summed E-state index contributed by atoms with van der Waals surface area (Å²) in [7, 11) is -3.01. The fraction of sp³-hybridized carbons (Fsp3) is 0.532. The Bertz CT molecular complexity index is 1640. The number of hydrogen-bond donors (Lipinski definition) is 3. The summed E-state index contributed by atoms with van der Waals surface area (Å²) in [5.74, 6) is 0.818. The van der Waals surface area contributed by atoms with E-state index >= 15 is 0 Å². The lowest BCUT2D eigenvalue weighted by Crippen LogP contribution is -2.67. The van der Waals surface area contributed by atoms with Gasteiger partial charge in [0.15, 0.2) is 0 Å². The summed E-state index contributed by atoms with van der Waals surface area (Å²) < 4.78 is 18.4. The number of ether oxygens (including phenoxy) is 2. The van der Waals surface area contributed by atoms with Crippen LogP contribution in [0.4, 0.5) is 0 Å². The summed E-state index contributed by atoms with van der Waals surface area (Å²) in [6.45, 7) is 19.2. The van der Waals surface area contributed by atoms with Gasteiger partial charge in [0.05, 0.1) is 18.8 Å². The maximum Gasteiger partial charge on any atom is 0.302 e. The Hall–Kier alpha value is -3.60. The molecule has 8 nitrogen and oxygen atoms in total. The van der Waals surface area contributed by atoms with E-state index in [2.05, 4.69) is 97.1 Å². The molecule has 0 bridgehead atoms. The average Bonchev–Trinajstić information content (AvgIpc) is 3.95. The van der Waals surface area contributed by atoms with Crippen LogP contribution in [0.15, 0.2) is 109 Å². The SMILES string of the molecule is CC[C@@H](C)/C=C(\C)C[C@@H](C)C[C@@H](C)/C=C/C=C/C=C/C(=O)N[C@H](CO[Si](c1ccccc1)(c1ccccc1)C(C)(C)C)C[C@@]1(O)[C@@H](O)C[C@@H](OC(C)=O)[C@@H]2O[C@@H]21. The molecule has 2 aromatic rings. The van der Waals surface area contributed by atoms with E-state index in [4.69, 9.17) is 13.9 Å². The minimum Gasteiger partial charge on any atom is -0.460 e. The number of nitrogens with one attached hydrogen (secondary N) is 1. The number of rotatable bonds is 19. The van der Waals surface area contributed by atoms with Gasteiger partial charge >= 0.3 is 5.97 Å². The van der Waals surface area contributed by atoms with Crippen molar-refractivity contribution in [2.45, 2.75) is 136 Å². The highest BCUT2D eigenvalue weighted by atomic mass is 28.4. The highest BCUT2D eigenvalue weighted by Gasteiger charge is 2.66. The van der Waals surface area contributed by atoms with Crippen LogP contribution in [0, 0.1) is 17.8 Å². The highest BCUT2D eigenvalue weighted by molar-refractivity contribution is 6.99. The smallest absolute Gasteiger partial charge is 0.302 e. The van der Waals surface area contributed by atoms with Gasteiger partial charge in [0.25, 0.3) is 8.32 Å². The van der Waals surface area contributed by atoms with E-state index in [1.54, 1.807) is 6.08 Å². The fourth-order valence-electron chi connectivity index (χ4n) is 8.46. The maximum atomic E-state index is 13.5. The Labute approximate surface area is 337 Å². The van der Waals surface area contributed by atoms with Crippen LogP contribution in [-0.4, -0.2) is 73.1 Å². The molecule has 56 heavy (non-hydrogen) atoms. The molecule has 306 valence electrons. The van der Waals surface area contributed by atoms with Gasteiger partial charge in [-0.1, -0.05) is 158 Å². The van der Waals surface area contributed by atoms with Crippen LogP contribution >= 0.6 is 0 Å². The molecule has 4 rings (SSSR count). The van der Waals surface area contributed by atoms with Gasteiger partial charge in [-0.05, 0) is 52.9 Å². The third kappa shape index (κ3) is 12.0. The van der Waals surface area contributed by atoms with Gasteiger partial charge in [-0.25, -0.2) is 0 Å². The van der Waals surface area contributed by atoms with Crippen LogP contribution in [0.1, 0.15) is 94.4 Å². The topological polar surface area (TPSA) is 118 Å². The number of carbonyl (C=O) groups is 2. The van der Waals surface area contributed by atoms with E-state index in [-0.39, 0.29) is 30.4 Å². The van der Waals surface area contributed by atoms with Gasteiger partial charge in [-0.3, -0.25) is 9.59 Å². The second-order valence-electron chi connectivity index (χ2n) is 17.3. The molecule has 1 saturated carbocycles. The minimum atomic E-state index is -3.01. The molecule has 1 saturated heterocycles. The first kappa shape index (κ1) is 45.1. The average molecular weight is 786 g/mol. The van der Waals surface area contributed by atoms with E-state index < -0.39 is 50.3 Å². The molecule has 9 heteroatoms. The van der Waals surface area contributed by atoms with Crippen molar-refractivity contribution in [1.82, 2.24) is 5.32 Å². The zero-order valence-corrected chi connectivity index (χ0v) is 36.1. The summed E-state index contributed by atoms with van der Waals surface area (Å²) in [4.78, 5) is 25.2. The van der Waals surface area contributed by atoms with Gasteiger partial charge in [-0.2, -0.15) is 0 Å². The molecule has 9 atom stereocenters. The molecule has 0 spiro atoms. The van der Waals surface area contributed by atoms with Crippen LogP contribution in [0.3, 0.4) is 0 Å². The van der Waals surface area contributed by atoms with Gasteiger partial charge in [0, 0.05) is 25.8 Å². The summed E-state index contributed by atoms with van der Waals surface area (Å²) in [6, 6.07) is 19.8. The Kier molecular flexibility index (Phi) is 16.3. The molecule has 1 amide bonds. The van der Waals surface area contributed by atoms with Gasteiger partial charge in [0.2, 0.25) is 5.91 Å². The summed E-state index contributed by atoms with van der Waals surface area (Å²) in [6.07, 6.45) is 13.7. The number of carbonyl (C=O) groups excluding carboxylic acids is 2. The zero-order chi connectivity index (χ0) is 41.1. The van der Waals surface area contributed by atoms with Gasteiger partial charge in [-0.15, -0.1) is 0 Å². The van der Waals surface area contributed by atoms with Crippen LogP contribution in [0.5, 0.6) is 0 Å². The predicted octanol–water partition coefficient (Wildman–Crippen LogP) is 7.35. The Morgan fingerprint density at radius 2 is 1.57 bits per heavy atom. The van der Waals surface area contributed by atoms with E-state index in [1.807, 2.05) is 54.6 Å². The van der Waals surface area contributed by atoms with Crippen LogP contribution in [-0.2, 0) is 23.5 Å². The highest BCUT2D eigenvalue weighted by Crippen LogP contribution is 2.47. The summed E-state index contributed by atoms with van der Waals surface area (Å²) in [5.41, 5.74) is -0.232. The quantitative estimate of drug-likeness (QED) is 0.0341. The number of allylic oxidation sites excluding steroid dienone is 7. The van der Waals surface area contributed by atoms with Crippen molar-refractivity contribution in [2.24, 2.45) is 17.8 Å². The molecule has 0 radical (unpaired) electrons. The Balaban J connectivity index is 1.50. The first-order valence-electron chi connectivity index (χ1n) is 20.5. The second kappa shape index (κ2) is 20.2. The van der Waals surface area contributed by atoms with Crippen molar-refractivity contribution < 1.29 is 33.7 Å². The molecule has 1 heterocycles. The predicted molar refractivity (Wildman–Crippen MR) is 228 cm³/mol. The standard InChI is InChI=1S/C47H67NO7Si/c1-10-33(2)27-35(4)29-36(5)28-34(3)21-15-11-12-20-26-43(51)48-38(31-47(52)42(50)30-41(54-37(6)49)44-45(47)55-44)32-53-56(46(7,8)9,39-22-16-13-17-23-39)40-24-18-14-19-25-40/h11-27,33-34,36,38,41-42,44-45,50,52H,10,28-32H2,1-9H3,(H,48,51)/b12-11+,21-15+,26-20+,35-27+/t33-,34+,36+,38+,41-,42+,44+,45+,47-/m1/s1. The Morgan fingerprint density at radius 3 is 2.14 bits per heavy atom. The first-order valence-corrected chi connectivity index (χ1v) is 22.4. The summed E-state index contributed by atoms with van der Waals surface area (Å²) in [5, 5.41) is 28.3. The van der Waals surface area contributed by atoms with Gasteiger partial charge in [0.1, 0.15) is 23.9 Å². The van der Waals surface area contributed by atoms with Gasteiger partial charge < -0.3 is 29.4 Å². The number of hydrogen-bond acceptors (Lipinski definition) is 7. The van der Waals surface area contributed by atoms with Crippen LogP contribution in [0.2, 0.25) is 5.04 Å². The Morgan fingerprint density at radius 1 is 0.964 bits per heavy atom. The second-order valence-corrected chi connectivity index (χ2v) is 21.7. The van der Waals surface area contributed by atoms with E-state index in [0.29, 0.717) is 17.8 Å². The lowest BCUT2D eigenvalue weighted by atomic mass is 9.77. The third-order valence-corrected chi connectivity index (χ3v) is 16.3. The maximum absolute atomic E-state index is 13.5. The lowest BCUT2D eigenvalue weighted by Gasteiger charge is -2.44. The molecule has 1 aliphatic carbocycles. The van der Waals surface area contributed by atoms with Crippen molar-refractivity contribution in [3.63, 3.8) is 0 Å². The van der Waals surface area contributed by atoms with Crippen molar-refractivity contribution in [3.05, 3.63) is 109 Å². The molecule has 2 aliphatic rings. The van der Waals surface area contributed by atoms with Crippen LogP contribution < -0.4 is 15.7 Å². The number of epoxide rings is 1. The minimum absolute atomic E-state index is 0.0259. The number of benzene rings is 2. The molecule has 3 N–H and O–H groups in total. The molecule has 0 unspecified atom stereocenters. The normalized spacial score (nSPS) is 25.2.